The van der Waals surface area contributed by atoms with Crippen molar-refractivity contribution in [1.29, 1.82) is 0 Å². The van der Waals surface area contributed by atoms with Gasteiger partial charge in [0.25, 0.3) is 0 Å². The summed E-state index contributed by atoms with van der Waals surface area (Å²) in [7, 11) is 0. The molecular weight excluding hydrogens is 334 g/mol. The lowest BCUT2D eigenvalue weighted by molar-refractivity contribution is -0.149. The van der Waals surface area contributed by atoms with Crippen LogP contribution >= 0.6 is 12.4 Å². The Morgan fingerprint density at radius 2 is 1.64 bits per heavy atom. The van der Waals surface area contributed by atoms with Crippen LogP contribution < -0.4 is 5.32 Å². The van der Waals surface area contributed by atoms with Gasteiger partial charge in [-0.05, 0) is 6.07 Å². The maximum atomic E-state index is 13.8. The molecule has 126 valence electrons. The summed E-state index contributed by atoms with van der Waals surface area (Å²) in [6.45, 7) is 1.47. The van der Waals surface area contributed by atoms with E-state index in [0.717, 1.165) is 6.07 Å². The molecule has 0 radical (unpaired) electrons. The maximum Gasteiger partial charge on any atom is 0.390 e. The lowest BCUT2D eigenvalue weighted by Gasteiger charge is -2.35. The van der Waals surface area contributed by atoms with Crippen LogP contribution in [-0.2, 0) is 0 Å². The first-order valence-electron chi connectivity index (χ1n) is 6.44. The molecule has 1 aliphatic rings. The molecule has 1 aromatic carbocycles. The van der Waals surface area contributed by atoms with Crippen LogP contribution in [0, 0.1) is 17.5 Å². The fraction of sp³-hybridized carbons (Fsp3) is 0.538. The molecule has 0 unspecified atom stereocenters. The quantitative estimate of drug-likeness (QED) is 0.665. The largest absolute Gasteiger partial charge is 0.390 e. The molecule has 0 saturated carbocycles. The number of piperazine rings is 1. The maximum absolute atomic E-state index is 13.8. The monoisotopic (exact) mass is 348 g/mol. The normalized spacial score (nSPS) is 17.9. The van der Waals surface area contributed by atoms with Crippen molar-refractivity contribution in [3.8, 4) is 0 Å². The highest BCUT2D eigenvalue weighted by atomic mass is 35.5. The Morgan fingerprint density at radius 3 is 2.18 bits per heavy atom. The second kappa shape index (κ2) is 7.52. The summed E-state index contributed by atoms with van der Waals surface area (Å²) in [6.07, 6.45) is -5.85. The molecule has 1 saturated heterocycles. The Kier molecular flexibility index (Phi) is 6.51. The lowest BCUT2D eigenvalue weighted by atomic mass is 9.99. The highest BCUT2D eigenvalue weighted by molar-refractivity contribution is 5.85. The summed E-state index contributed by atoms with van der Waals surface area (Å²) in [5.41, 5.74) is -0.465. The molecule has 0 bridgehead atoms. The van der Waals surface area contributed by atoms with Crippen molar-refractivity contribution in [3.05, 3.63) is 35.1 Å². The van der Waals surface area contributed by atoms with E-state index in [2.05, 4.69) is 5.32 Å². The molecule has 1 atom stereocenters. The number of nitrogens with one attached hydrogen (secondary N) is 1. The van der Waals surface area contributed by atoms with Crippen LogP contribution in [0.2, 0.25) is 0 Å². The first-order valence-corrected chi connectivity index (χ1v) is 6.44. The molecular formula is C13H15ClF6N2. The Balaban J connectivity index is 0.00000242. The highest BCUT2D eigenvalue weighted by Crippen LogP contribution is 2.35. The summed E-state index contributed by atoms with van der Waals surface area (Å²) in [6, 6.07) is 0.174. The van der Waals surface area contributed by atoms with Crippen molar-refractivity contribution in [2.24, 2.45) is 0 Å². The average Bonchev–Trinajstić information content (AvgIpc) is 2.43. The zero-order valence-electron chi connectivity index (χ0n) is 11.4. The molecule has 2 rings (SSSR count). The fourth-order valence-corrected chi connectivity index (χ4v) is 2.45. The van der Waals surface area contributed by atoms with Crippen molar-refractivity contribution in [2.45, 2.75) is 18.6 Å². The first-order chi connectivity index (χ1) is 9.79. The molecule has 2 nitrogen and oxygen atoms in total. The number of halogens is 7. The van der Waals surface area contributed by atoms with Gasteiger partial charge in [0, 0.05) is 37.8 Å². The fourth-order valence-electron chi connectivity index (χ4n) is 2.45. The van der Waals surface area contributed by atoms with Gasteiger partial charge >= 0.3 is 6.18 Å². The van der Waals surface area contributed by atoms with E-state index in [4.69, 9.17) is 0 Å². The molecule has 0 amide bonds. The minimum atomic E-state index is -4.53. The van der Waals surface area contributed by atoms with Crippen molar-refractivity contribution >= 4 is 12.4 Å². The molecule has 1 N–H and O–H groups in total. The minimum absolute atomic E-state index is 0. The molecule has 9 heteroatoms. The predicted molar refractivity (Wildman–Crippen MR) is 71.4 cm³/mol. The second-order valence-electron chi connectivity index (χ2n) is 4.89. The predicted octanol–water partition coefficient (Wildman–Crippen LogP) is 3.42. The first kappa shape index (κ1) is 19.1. The van der Waals surface area contributed by atoms with Gasteiger partial charge in [0.15, 0.2) is 17.5 Å². The molecule has 1 fully saturated rings. The van der Waals surface area contributed by atoms with E-state index in [9.17, 15) is 26.3 Å². The van der Waals surface area contributed by atoms with Crippen LogP contribution in [0.3, 0.4) is 0 Å². The zero-order chi connectivity index (χ0) is 15.6. The Labute approximate surface area is 129 Å². The van der Waals surface area contributed by atoms with Crippen molar-refractivity contribution in [2.75, 3.05) is 26.2 Å². The van der Waals surface area contributed by atoms with Crippen molar-refractivity contribution < 1.29 is 26.3 Å². The van der Waals surface area contributed by atoms with Gasteiger partial charge in [0.2, 0.25) is 0 Å². The summed E-state index contributed by atoms with van der Waals surface area (Å²) in [5, 5.41) is 2.97. The molecule has 0 spiro atoms. The molecule has 0 aromatic heterocycles. The average molecular weight is 349 g/mol. The van der Waals surface area contributed by atoms with Crippen molar-refractivity contribution in [3.63, 3.8) is 0 Å². The van der Waals surface area contributed by atoms with E-state index in [0.29, 0.717) is 19.2 Å². The van der Waals surface area contributed by atoms with E-state index >= 15 is 0 Å². The lowest BCUT2D eigenvalue weighted by Crippen LogP contribution is -2.46. The van der Waals surface area contributed by atoms with Crippen LogP contribution in [0.5, 0.6) is 0 Å². The standard InChI is InChI=1S/C13H14F6N2.ClH/c14-9-2-1-8(11(15)12(9)16)10(7-13(17,18)19)21-5-3-20-4-6-21;/h1-2,10,20H,3-7H2;1H/t10-;/m1./s1. The molecule has 0 aliphatic carbocycles. The molecule has 1 aromatic rings. The van der Waals surface area contributed by atoms with Gasteiger partial charge in [-0.2, -0.15) is 13.2 Å². The number of benzene rings is 1. The number of rotatable bonds is 3. The Hall–Kier alpha value is -0.990. The van der Waals surface area contributed by atoms with E-state index in [-0.39, 0.29) is 25.5 Å². The SMILES string of the molecule is Cl.Fc1ccc([C@@H](CC(F)(F)F)N2CCNCC2)c(F)c1F. The van der Waals surface area contributed by atoms with Gasteiger partial charge in [-0.1, -0.05) is 6.07 Å². The smallest absolute Gasteiger partial charge is 0.314 e. The van der Waals surface area contributed by atoms with Gasteiger partial charge in [0.05, 0.1) is 6.42 Å². The van der Waals surface area contributed by atoms with Gasteiger partial charge in [-0.25, -0.2) is 13.2 Å². The van der Waals surface area contributed by atoms with Crippen LogP contribution in [0.1, 0.15) is 18.0 Å². The second-order valence-corrected chi connectivity index (χ2v) is 4.89. The third kappa shape index (κ3) is 4.50. The van der Waals surface area contributed by atoms with E-state index in [1.807, 2.05) is 0 Å². The summed E-state index contributed by atoms with van der Waals surface area (Å²) >= 11 is 0. The number of alkyl halides is 3. The summed E-state index contributed by atoms with van der Waals surface area (Å²) < 4.78 is 78.2. The van der Waals surface area contributed by atoms with Gasteiger partial charge < -0.3 is 5.32 Å². The minimum Gasteiger partial charge on any atom is -0.314 e. The number of nitrogens with zero attached hydrogens (tertiary/aromatic N) is 1. The van der Waals surface area contributed by atoms with Crippen LogP contribution in [0.25, 0.3) is 0 Å². The van der Waals surface area contributed by atoms with Crippen LogP contribution in [0.4, 0.5) is 26.3 Å². The number of hydrogen-bond donors (Lipinski definition) is 1. The Bertz CT molecular complexity index is 502. The van der Waals surface area contributed by atoms with E-state index < -0.39 is 41.7 Å². The van der Waals surface area contributed by atoms with E-state index in [1.165, 1.54) is 4.90 Å². The summed E-state index contributed by atoms with van der Waals surface area (Å²) in [5.74, 6) is -4.71. The van der Waals surface area contributed by atoms with Crippen LogP contribution in [-0.4, -0.2) is 37.3 Å². The highest BCUT2D eigenvalue weighted by Gasteiger charge is 2.37. The topological polar surface area (TPSA) is 15.3 Å². The van der Waals surface area contributed by atoms with E-state index in [1.54, 1.807) is 0 Å². The van der Waals surface area contributed by atoms with Gasteiger partial charge in [0.1, 0.15) is 0 Å². The Morgan fingerprint density at radius 1 is 1.05 bits per heavy atom. The molecule has 22 heavy (non-hydrogen) atoms. The zero-order valence-corrected chi connectivity index (χ0v) is 12.2. The van der Waals surface area contributed by atoms with Crippen molar-refractivity contribution in [1.82, 2.24) is 10.2 Å². The molecule has 1 aliphatic heterocycles. The third-order valence-corrected chi connectivity index (χ3v) is 3.44. The van der Waals surface area contributed by atoms with Gasteiger partial charge in [-0.15, -0.1) is 12.4 Å². The third-order valence-electron chi connectivity index (χ3n) is 3.44. The summed E-state index contributed by atoms with van der Waals surface area (Å²) in [4.78, 5) is 1.43. The van der Waals surface area contributed by atoms with Crippen LogP contribution in [0.15, 0.2) is 12.1 Å². The molecule has 1 heterocycles. The van der Waals surface area contributed by atoms with Gasteiger partial charge in [-0.3, -0.25) is 4.90 Å². The number of hydrogen-bond acceptors (Lipinski definition) is 2.